The van der Waals surface area contributed by atoms with Gasteiger partial charge >= 0.3 is 0 Å². The van der Waals surface area contributed by atoms with E-state index in [1.54, 1.807) is 5.57 Å². The zero-order valence-corrected chi connectivity index (χ0v) is 12.9. The smallest absolute Gasteiger partial charge is 0.0759 e. The first kappa shape index (κ1) is 12.9. The molecule has 3 unspecified atom stereocenters. The second-order valence-corrected chi connectivity index (χ2v) is 7.24. The topological polar surface area (TPSA) is 20.2 Å². The summed E-state index contributed by atoms with van der Waals surface area (Å²) in [5, 5.41) is 10.7. The van der Waals surface area contributed by atoms with Crippen LogP contribution in [0.3, 0.4) is 0 Å². The van der Waals surface area contributed by atoms with E-state index in [0.717, 1.165) is 12.8 Å². The lowest BCUT2D eigenvalue weighted by Gasteiger charge is -2.42. The van der Waals surface area contributed by atoms with E-state index < -0.39 is 0 Å². The normalized spacial score (nSPS) is 32.5. The molecule has 0 spiro atoms. The summed E-state index contributed by atoms with van der Waals surface area (Å²) in [6, 6.07) is 8.85. The Morgan fingerprint density at radius 2 is 1.91 bits per heavy atom. The maximum Gasteiger partial charge on any atom is 0.0759 e. The number of allylic oxidation sites excluding steroid dienone is 5. The second kappa shape index (κ2) is 4.70. The van der Waals surface area contributed by atoms with E-state index in [1.165, 1.54) is 53.5 Å². The van der Waals surface area contributed by atoms with Crippen molar-refractivity contribution < 1.29 is 5.11 Å². The third-order valence-corrected chi connectivity index (χ3v) is 6.17. The Bertz CT molecular complexity index is 734. The van der Waals surface area contributed by atoms with Crippen LogP contribution in [0.5, 0.6) is 0 Å². The molecule has 1 saturated carbocycles. The molecule has 1 aromatic rings. The molecule has 0 aromatic heterocycles. The molecule has 1 fully saturated rings. The average molecular weight is 290 g/mol. The minimum atomic E-state index is -0.203. The Balaban J connectivity index is 1.81. The number of aliphatic hydroxyl groups is 1. The summed E-state index contributed by atoms with van der Waals surface area (Å²) in [5.74, 6) is 1.23. The van der Waals surface area contributed by atoms with Crippen LogP contribution in [0.15, 0.2) is 53.1 Å². The molecule has 5 rings (SSSR count). The van der Waals surface area contributed by atoms with Crippen LogP contribution in [0.4, 0.5) is 0 Å². The van der Waals surface area contributed by atoms with Gasteiger partial charge in [0, 0.05) is 0 Å². The summed E-state index contributed by atoms with van der Waals surface area (Å²) in [6.45, 7) is 0. The molecule has 1 aromatic carbocycles. The minimum Gasteiger partial charge on any atom is -0.389 e. The summed E-state index contributed by atoms with van der Waals surface area (Å²) < 4.78 is 0. The Labute approximate surface area is 132 Å². The lowest BCUT2D eigenvalue weighted by molar-refractivity contribution is 0.143. The minimum absolute atomic E-state index is 0.203. The molecule has 4 aliphatic carbocycles. The van der Waals surface area contributed by atoms with Gasteiger partial charge in [-0.25, -0.2) is 0 Å². The van der Waals surface area contributed by atoms with E-state index in [2.05, 4.69) is 36.4 Å². The van der Waals surface area contributed by atoms with Crippen molar-refractivity contribution in [2.75, 3.05) is 0 Å². The van der Waals surface area contributed by atoms with Gasteiger partial charge in [0.2, 0.25) is 0 Å². The molecular weight excluding hydrogens is 268 g/mol. The molecular formula is C21H22O. The Morgan fingerprint density at radius 3 is 2.86 bits per heavy atom. The van der Waals surface area contributed by atoms with Gasteiger partial charge in [-0.3, -0.25) is 0 Å². The molecule has 0 bridgehead atoms. The average Bonchev–Trinajstić information content (AvgIpc) is 2.94. The highest BCUT2D eigenvalue weighted by atomic mass is 16.3. The Kier molecular flexibility index (Phi) is 2.75. The molecule has 1 N–H and O–H groups in total. The lowest BCUT2D eigenvalue weighted by atomic mass is 9.63. The Morgan fingerprint density at radius 1 is 1.00 bits per heavy atom. The summed E-state index contributed by atoms with van der Waals surface area (Å²) in [7, 11) is 0. The van der Waals surface area contributed by atoms with Gasteiger partial charge < -0.3 is 5.11 Å². The Hall–Kier alpha value is -1.60. The van der Waals surface area contributed by atoms with Gasteiger partial charge in [-0.15, -0.1) is 0 Å². The van der Waals surface area contributed by atoms with Crippen molar-refractivity contribution in [3.8, 4) is 0 Å². The van der Waals surface area contributed by atoms with Crippen molar-refractivity contribution in [2.45, 2.75) is 44.6 Å². The number of rotatable bonds is 0. The first-order valence-corrected chi connectivity index (χ1v) is 8.75. The molecule has 0 aliphatic heterocycles. The predicted molar refractivity (Wildman–Crippen MR) is 89.3 cm³/mol. The fraction of sp³-hybridized carbons (Fsp3) is 0.429. The third kappa shape index (κ3) is 1.63. The molecule has 3 atom stereocenters. The number of hydrogen-bond donors (Lipinski definition) is 1. The monoisotopic (exact) mass is 290 g/mol. The van der Waals surface area contributed by atoms with Gasteiger partial charge in [0.1, 0.15) is 0 Å². The second-order valence-electron chi connectivity index (χ2n) is 7.24. The van der Waals surface area contributed by atoms with Crippen LogP contribution in [0, 0.1) is 11.8 Å². The molecule has 0 amide bonds. The van der Waals surface area contributed by atoms with Crippen LogP contribution in [0.25, 0.3) is 5.57 Å². The van der Waals surface area contributed by atoms with Gasteiger partial charge in [0.15, 0.2) is 0 Å². The van der Waals surface area contributed by atoms with Crippen molar-refractivity contribution in [3.05, 3.63) is 64.3 Å². The lowest BCUT2D eigenvalue weighted by Crippen LogP contribution is -2.34. The summed E-state index contributed by atoms with van der Waals surface area (Å²) in [5.41, 5.74) is 8.78. The standard InChI is InChI=1S/C21H22O/c22-19-11-5-10-17-15-8-3-4-9-16(15)20-14-7-2-1-6-13(14)12-18(20)21(17)19/h1-2,4,6-7,9,15,17,19,22H,3,5,8,10-12H2. The largest absolute Gasteiger partial charge is 0.389 e. The summed E-state index contributed by atoms with van der Waals surface area (Å²) >= 11 is 0. The highest BCUT2D eigenvalue weighted by Gasteiger charge is 2.43. The highest BCUT2D eigenvalue weighted by molar-refractivity contribution is 5.91. The van der Waals surface area contributed by atoms with E-state index in [1.807, 2.05) is 0 Å². The first-order chi connectivity index (χ1) is 10.8. The van der Waals surface area contributed by atoms with Crippen molar-refractivity contribution in [1.82, 2.24) is 0 Å². The molecule has 22 heavy (non-hydrogen) atoms. The van der Waals surface area contributed by atoms with Gasteiger partial charge in [-0.2, -0.15) is 0 Å². The van der Waals surface area contributed by atoms with E-state index in [-0.39, 0.29) is 6.10 Å². The predicted octanol–water partition coefficient (Wildman–Crippen LogP) is 4.43. The van der Waals surface area contributed by atoms with Crippen molar-refractivity contribution in [3.63, 3.8) is 0 Å². The zero-order valence-electron chi connectivity index (χ0n) is 12.9. The summed E-state index contributed by atoms with van der Waals surface area (Å²) in [4.78, 5) is 0. The van der Waals surface area contributed by atoms with Crippen LogP contribution in [-0.2, 0) is 6.42 Å². The molecule has 0 heterocycles. The van der Waals surface area contributed by atoms with Crippen LogP contribution >= 0.6 is 0 Å². The van der Waals surface area contributed by atoms with Gasteiger partial charge in [-0.05, 0) is 83.8 Å². The van der Waals surface area contributed by atoms with E-state index in [4.69, 9.17) is 0 Å². The number of benzene rings is 1. The van der Waals surface area contributed by atoms with E-state index in [9.17, 15) is 5.11 Å². The van der Waals surface area contributed by atoms with Crippen LogP contribution in [0.1, 0.15) is 43.2 Å². The maximum absolute atomic E-state index is 10.7. The SMILES string of the molecule is OC1CCCC2C1=C1Cc3ccccc3C1=C1C=CCCC12. The fourth-order valence-corrected chi connectivity index (χ4v) is 5.32. The number of hydrogen-bond acceptors (Lipinski definition) is 1. The molecule has 0 radical (unpaired) electrons. The van der Waals surface area contributed by atoms with Crippen LogP contribution in [-0.4, -0.2) is 11.2 Å². The van der Waals surface area contributed by atoms with E-state index in [0.29, 0.717) is 11.8 Å². The number of fused-ring (bicyclic) bond motifs is 6. The van der Waals surface area contributed by atoms with Crippen LogP contribution in [0.2, 0.25) is 0 Å². The third-order valence-electron chi connectivity index (χ3n) is 6.17. The maximum atomic E-state index is 10.7. The number of aliphatic hydroxyl groups excluding tert-OH is 1. The fourth-order valence-electron chi connectivity index (χ4n) is 5.32. The van der Waals surface area contributed by atoms with Crippen molar-refractivity contribution in [2.24, 2.45) is 11.8 Å². The first-order valence-electron chi connectivity index (χ1n) is 8.75. The van der Waals surface area contributed by atoms with Crippen molar-refractivity contribution >= 4 is 5.57 Å². The molecule has 1 heteroatoms. The highest BCUT2D eigenvalue weighted by Crippen LogP contribution is 2.55. The van der Waals surface area contributed by atoms with Crippen molar-refractivity contribution in [1.29, 1.82) is 0 Å². The van der Waals surface area contributed by atoms with Gasteiger partial charge in [0.05, 0.1) is 6.10 Å². The summed E-state index contributed by atoms with van der Waals surface area (Å²) in [6.07, 6.45) is 11.4. The van der Waals surface area contributed by atoms with Crippen LogP contribution < -0.4 is 0 Å². The molecule has 4 aliphatic rings. The molecule has 1 nitrogen and oxygen atoms in total. The van der Waals surface area contributed by atoms with E-state index >= 15 is 0 Å². The van der Waals surface area contributed by atoms with Gasteiger partial charge in [0.25, 0.3) is 0 Å². The van der Waals surface area contributed by atoms with Gasteiger partial charge in [-0.1, -0.05) is 36.4 Å². The molecule has 0 saturated heterocycles. The zero-order chi connectivity index (χ0) is 14.7. The molecule has 112 valence electrons. The quantitative estimate of drug-likeness (QED) is 0.749.